The highest BCUT2D eigenvalue weighted by Crippen LogP contribution is 2.39. The summed E-state index contributed by atoms with van der Waals surface area (Å²) < 4.78 is 26.6. The standard InChI is InChI=1S/C33H26IN3O7/c34-23-18-37(29-26(23)24(35)16-17-36-29)30-28(44-33(40)22-14-8-3-9-15-22)27(43-32(39)21-12-6-2-7-13-21)25(42-30)19-41-31(38)20-10-4-1-5-11-20/h1-18,25,27-28,30H,19H2,(H2,35,36)/t25-,27-,28-,30-/m1/s1. The number of anilines is 1. The van der Waals surface area contributed by atoms with Crippen LogP contribution in [0, 0.1) is 3.57 Å². The Kier molecular flexibility index (Phi) is 8.57. The van der Waals surface area contributed by atoms with Gasteiger partial charge in [-0.1, -0.05) is 54.6 Å². The fraction of sp³-hybridized carbons (Fsp3) is 0.152. The van der Waals surface area contributed by atoms with Gasteiger partial charge >= 0.3 is 17.9 Å². The number of esters is 3. The number of halogens is 1. The molecule has 5 aromatic rings. The van der Waals surface area contributed by atoms with Crippen LogP contribution in [0.1, 0.15) is 37.3 Å². The SMILES string of the molecule is Nc1ccnc2c1c(I)cn2[C@@H]1O[C@H](COC(=O)c2ccccc2)[C@@H](OC(=O)c2ccccc2)[C@H]1OC(=O)c1ccccc1. The molecule has 0 aliphatic carbocycles. The molecule has 4 atom stereocenters. The van der Waals surface area contributed by atoms with E-state index in [1.165, 1.54) is 0 Å². The number of fused-ring (bicyclic) bond motifs is 1. The number of carbonyl (C=O) groups excluding carboxylic acids is 3. The van der Waals surface area contributed by atoms with E-state index in [0.717, 1.165) is 3.57 Å². The van der Waals surface area contributed by atoms with Crippen LogP contribution in [0.2, 0.25) is 0 Å². The summed E-state index contributed by atoms with van der Waals surface area (Å²) in [6.45, 7) is -0.289. The third-order valence-corrected chi connectivity index (χ3v) is 7.97. The fourth-order valence-electron chi connectivity index (χ4n) is 5.03. The average Bonchev–Trinajstić information content (AvgIpc) is 3.57. The zero-order chi connectivity index (χ0) is 30.6. The van der Waals surface area contributed by atoms with Crippen LogP contribution in [0.15, 0.2) is 109 Å². The Morgan fingerprint density at radius 3 is 1.86 bits per heavy atom. The number of pyridine rings is 1. The molecule has 1 saturated heterocycles. The molecule has 0 radical (unpaired) electrons. The van der Waals surface area contributed by atoms with E-state index in [-0.39, 0.29) is 6.61 Å². The Morgan fingerprint density at radius 2 is 1.30 bits per heavy atom. The number of benzene rings is 3. The van der Waals surface area contributed by atoms with Crippen LogP contribution >= 0.6 is 22.6 Å². The van der Waals surface area contributed by atoms with Crippen molar-refractivity contribution in [3.05, 3.63) is 130 Å². The van der Waals surface area contributed by atoms with Crippen molar-refractivity contribution in [2.24, 2.45) is 0 Å². The number of nitrogens with zero attached hydrogens (tertiary/aromatic N) is 2. The highest BCUT2D eigenvalue weighted by atomic mass is 127. The maximum Gasteiger partial charge on any atom is 0.338 e. The minimum atomic E-state index is -1.17. The fourth-order valence-corrected chi connectivity index (χ4v) is 5.88. The van der Waals surface area contributed by atoms with Crippen LogP contribution in [0.3, 0.4) is 0 Å². The molecule has 11 heteroatoms. The lowest BCUT2D eigenvalue weighted by atomic mass is 10.1. The van der Waals surface area contributed by atoms with E-state index in [0.29, 0.717) is 33.4 Å². The van der Waals surface area contributed by atoms with Gasteiger partial charge in [0.05, 0.1) is 22.1 Å². The Bertz CT molecular complexity index is 1800. The van der Waals surface area contributed by atoms with Crippen molar-refractivity contribution >= 4 is 57.2 Å². The van der Waals surface area contributed by atoms with Gasteiger partial charge in [0.1, 0.15) is 18.4 Å². The minimum absolute atomic E-state index is 0.289. The Morgan fingerprint density at radius 1 is 0.773 bits per heavy atom. The van der Waals surface area contributed by atoms with Gasteiger partial charge in [0.2, 0.25) is 0 Å². The third-order valence-electron chi connectivity index (χ3n) is 7.15. The molecule has 222 valence electrons. The van der Waals surface area contributed by atoms with Gasteiger partial charge < -0.3 is 29.2 Å². The normalized spacial score (nSPS) is 19.4. The molecule has 10 nitrogen and oxygen atoms in total. The van der Waals surface area contributed by atoms with E-state index in [4.69, 9.17) is 24.7 Å². The summed E-state index contributed by atoms with van der Waals surface area (Å²) >= 11 is 2.14. The third kappa shape index (κ3) is 6.01. The number of hydrogen-bond acceptors (Lipinski definition) is 9. The van der Waals surface area contributed by atoms with Gasteiger partial charge in [0.15, 0.2) is 18.4 Å². The van der Waals surface area contributed by atoms with Gasteiger partial charge in [0, 0.05) is 21.7 Å². The molecule has 0 spiro atoms. The van der Waals surface area contributed by atoms with E-state index in [1.807, 2.05) is 0 Å². The second-order valence-electron chi connectivity index (χ2n) is 9.98. The predicted molar refractivity (Wildman–Crippen MR) is 169 cm³/mol. The van der Waals surface area contributed by atoms with Crippen LogP contribution in [-0.2, 0) is 18.9 Å². The van der Waals surface area contributed by atoms with E-state index >= 15 is 0 Å². The molecule has 0 amide bonds. The summed E-state index contributed by atoms with van der Waals surface area (Å²) in [6, 6.07) is 27.0. The topological polar surface area (TPSA) is 132 Å². The van der Waals surface area contributed by atoms with Crippen molar-refractivity contribution in [1.82, 2.24) is 9.55 Å². The van der Waals surface area contributed by atoms with E-state index in [9.17, 15) is 14.4 Å². The number of nitrogens with two attached hydrogens (primary N) is 1. The lowest BCUT2D eigenvalue weighted by Gasteiger charge is -2.25. The van der Waals surface area contributed by atoms with Crippen molar-refractivity contribution < 1.29 is 33.3 Å². The van der Waals surface area contributed by atoms with Crippen LogP contribution < -0.4 is 5.73 Å². The smallest absolute Gasteiger partial charge is 0.338 e. The summed E-state index contributed by atoms with van der Waals surface area (Å²) in [5.74, 6) is -1.89. The molecule has 1 aliphatic rings. The Balaban J connectivity index is 1.39. The first-order valence-electron chi connectivity index (χ1n) is 13.7. The zero-order valence-electron chi connectivity index (χ0n) is 23.1. The number of nitrogen functional groups attached to an aromatic ring is 1. The van der Waals surface area contributed by atoms with E-state index < -0.39 is 42.4 Å². The van der Waals surface area contributed by atoms with Crippen LogP contribution in [0.4, 0.5) is 5.69 Å². The first-order valence-corrected chi connectivity index (χ1v) is 14.8. The number of hydrogen-bond donors (Lipinski definition) is 1. The summed E-state index contributed by atoms with van der Waals surface area (Å²) in [4.78, 5) is 44.1. The highest BCUT2D eigenvalue weighted by Gasteiger charge is 2.51. The van der Waals surface area contributed by atoms with E-state index in [2.05, 4.69) is 27.6 Å². The zero-order valence-corrected chi connectivity index (χ0v) is 25.3. The first kappa shape index (κ1) is 29.3. The Hall–Kier alpha value is -4.75. The molecule has 3 aromatic carbocycles. The lowest BCUT2D eigenvalue weighted by Crippen LogP contribution is -2.41. The second kappa shape index (κ2) is 12.9. The van der Waals surface area contributed by atoms with Gasteiger partial charge in [-0.3, -0.25) is 0 Å². The van der Waals surface area contributed by atoms with Crippen LogP contribution in [0.25, 0.3) is 11.0 Å². The minimum Gasteiger partial charge on any atom is -0.459 e. The average molecular weight is 703 g/mol. The van der Waals surface area contributed by atoms with Gasteiger partial charge in [0.25, 0.3) is 0 Å². The van der Waals surface area contributed by atoms with Crippen LogP contribution in [0.5, 0.6) is 0 Å². The maximum atomic E-state index is 13.4. The van der Waals surface area contributed by atoms with Gasteiger partial charge in [-0.15, -0.1) is 0 Å². The van der Waals surface area contributed by atoms with Gasteiger partial charge in [-0.05, 0) is 65.1 Å². The quantitative estimate of drug-likeness (QED) is 0.128. The molecule has 3 heterocycles. The molecule has 1 aliphatic heterocycles. The Labute approximate surface area is 265 Å². The van der Waals surface area contributed by atoms with Gasteiger partial charge in [-0.25, -0.2) is 19.4 Å². The highest BCUT2D eigenvalue weighted by molar-refractivity contribution is 14.1. The summed E-state index contributed by atoms with van der Waals surface area (Å²) in [5.41, 5.74) is 8.20. The van der Waals surface area contributed by atoms with E-state index in [1.54, 1.807) is 114 Å². The molecule has 0 unspecified atom stereocenters. The van der Waals surface area contributed by atoms with Crippen molar-refractivity contribution in [3.63, 3.8) is 0 Å². The summed E-state index contributed by atoms with van der Waals surface area (Å²) in [7, 11) is 0. The number of aromatic nitrogens is 2. The van der Waals surface area contributed by atoms with Crippen molar-refractivity contribution in [1.29, 1.82) is 0 Å². The number of ether oxygens (including phenoxy) is 4. The molecular formula is C33H26IN3O7. The number of rotatable bonds is 8. The summed E-state index contributed by atoms with van der Waals surface area (Å²) in [5, 5.41) is 0.696. The number of carbonyl (C=O) groups is 3. The van der Waals surface area contributed by atoms with Gasteiger partial charge in [-0.2, -0.15) is 0 Å². The first-order chi connectivity index (χ1) is 21.4. The molecule has 44 heavy (non-hydrogen) atoms. The molecular weight excluding hydrogens is 677 g/mol. The lowest BCUT2D eigenvalue weighted by molar-refractivity contribution is -0.0604. The monoisotopic (exact) mass is 703 g/mol. The molecule has 1 fully saturated rings. The van der Waals surface area contributed by atoms with Crippen molar-refractivity contribution in [2.75, 3.05) is 12.3 Å². The molecule has 0 bridgehead atoms. The maximum absolute atomic E-state index is 13.4. The second-order valence-corrected chi connectivity index (χ2v) is 11.1. The summed E-state index contributed by atoms with van der Waals surface area (Å²) in [6.07, 6.45) is -1.01. The van der Waals surface area contributed by atoms with Crippen molar-refractivity contribution in [3.8, 4) is 0 Å². The molecule has 6 rings (SSSR count). The van der Waals surface area contributed by atoms with Crippen LogP contribution in [-0.4, -0.2) is 52.4 Å². The molecule has 2 aromatic heterocycles. The molecule has 0 saturated carbocycles. The predicted octanol–water partition coefficient (Wildman–Crippen LogP) is 5.43. The molecule has 2 N–H and O–H groups in total. The van der Waals surface area contributed by atoms with Crippen molar-refractivity contribution in [2.45, 2.75) is 24.5 Å². The largest absolute Gasteiger partial charge is 0.459 e.